The highest BCUT2D eigenvalue weighted by Gasteiger charge is 2.22. The molecule has 0 radical (unpaired) electrons. The van der Waals surface area contributed by atoms with E-state index in [0.29, 0.717) is 6.42 Å². The average molecular weight is 283 g/mol. The zero-order valence-electron chi connectivity index (χ0n) is 11.5. The lowest BCUT2D eigenvalue weighted by Crippen LogP contribution is -2.46. The molecule has 8 nitrogen and oxygen atoms in total. The van der Waals surface area contributed by atoms with Crippen molar-refractivity contribution in [2.24, 2.45) is 14.1 Å². The molecule has 0 aliphatic heterocycles. The SMILES string of the molecule is CCCC(NC(=O)c1cn(C)c(=O)n(C)c1=O)C(=O)O. The Bertz CT molecular complexity index is 643. The first kappa shape index (κ1) is 15.7. The summed E-state index contributed by atoms with van der Waals surface area (Å²) < 4.78 is 1.89. The molecule has 1 aromatic rings. The van der Waals surface area contributed by atoms with Gasteiger partial charge in [0.05, 0.1) is 0 Å². The molecule has 8 heteroatoms. The third kappa shape index (κ3) is 3.14. The van der Waals surface area contributed by atoms with Gasteiger partial charge in [0.1, 0.15) is 11.6 Å². The molecule has 0 bridgehead atoms. The van der Waals surface area contributed by atoms with E-state index in [4.69, 9.17) is 5.11 Å². The van der Waals surface area contributed by atoms with Gasteiger partial charge in [-0.2, -0.15) is 0 Å². The smallest absolute Gasteiger partial charge is 0.330 e. The summed E-state index contributed by atoms with van der Waals surface area (Å²) in [5, 5.41) is 11.3. The molecule has 0 spiro atoms. The maximum atomic E-state index is 12.0. The van der Waals surface area contributed by atoms with Gasteiger partial charge in [-0.1, -0.05) is 13.3 Å². The second-order valence-electron chi connectivity index (χ2n) is 4.45. The van der Waals surface area contributed by atoms with Crippen LogP contribution in [-0.2, 0) is 18.9 Å². The second-order valence-corrected chi connectivity index (χ2v) is 4.45. The molecule has 0 saturated carbocycles. The first-order valence-electron chi connectivity index (χ1n) is 6.09. The van der Waals surface area contributed by atoms with Crippen LogP contribution in [0.5, 0.6) is 0 Å². The van der Waals surface area contributed by atoms with E-state index in [1.807, 2.05) is 0 Å². The molecule has 20 heavy (non-hydrogen) atoms. The Balaban J connectivity index is 3.13. The van der Waals surface area contributed by atoms with E-state index in [0.717, 1.165) is 15.3 Å². The third-order valence-electron chi connectivity index (χ3n) is 2.87. The highest BCUT2D eigenvalue weighted by atomic mass is 16.4. The van der Waals surface area contributed by atoms with Crippen molar-refractivity contribution >= 4 is 11.9 Å². The Morgan fingerprint density at radius 2 is 1.95 bits per heavy atom. The lowest BCUT2D eigenvalue weighted by molar-refractivity contribution is -0.139. The second kappa shape index (κ2) is 6.18. The first-order chi connectivity index (χ1) is 9.29. The van der Waals surface area contributed by atoms with Crippen LogP contribution in [0.15, 0.2) is 15.8 Å². The lowest BCUT2D eigenvalue weighted by Gasteiger charge is -2.14. The van der Waals surface area contributed by atoms with Crippen LogP contribution in [0.25, 0.3) is 0 Å². The van der Waals surface area contributed by atoms with E-state index in [1.54, 1.807) is 6.92 Å². The molecule has 1 aromatic heterocycles. The predicted molar refractivity (Wildman–Crippen MR) is 70.7 cm³/mol. The number of aromatic nitrogens is 2. The van der Waals surface area contributed by atoms with Gasteiger partial charge in [-0.05, 0) is 6.42 Å². The number of aryl methyl sites for hydroxylation is 1. The number of amides is 1. The van der Waals surface area contributed by atoms with Crippen LogP contribution in [0.1, 0.15) is 30.1 Å². The quantitative estimate of drug-likeness (QED) is 0.725. The Morgan fingerprint density at radius 3 is 2.45 bits per heavy atom. The lowest BCUT2D eigenvalue weighted by atomic mass is 10.1. The zero-order valence-corrected chi connectivity index (χ0v) is 11.5. The Morgan fingerprint density at radius 1 is 1.35 bits per heavy atom. The number of carboxylic acids is 1. The Labute approximate surface area is 114 Å². The van der Waals surface area contributed by atoms with Gasteiger partial charge >= 0.3 is 11.7 Å². The molecule has 110 valence electrons. The molecule has 0 aliphatic carbocycles. The molecule has 1 amide bonds. The number of nitrogens with one attached hydrogen (secondary N) is 1. The molecule has 0 fully saturated rings. The van der Waals surface area contributed by atoms with Crippen molar-refractivity contribution in [3.8, 4) is 0 Å². The summed E-state index contributed by atoms with van der Waals surface area (Å²) in [6, 6.07) is -1.06. The average Bonchev–Trinajstić information content (AvgIpc) is 2.39. The molecule has 2 N–H and O–H groups in total. The van der Waals surface area contributed by atoms with E-state index in [9.17, 15) is 19.2 Å². The minimum atomic E-state index is -1.16. The van der Waals surface area contributed by atoms with Gasteiger partial charge in [-0.15, -0.1) is 0 Å². The largest absolute Gasteiger partial charge is 0.480 e. The number of carbonyl (C=O) groups is 2. The fourth-order valence-corrected chi connectivity index (χ4v) is 1.75. The maximum Gasteiger partial charge on any atom is 0.330 e. The monoisotopic (exact) mass is 283 g/mol. The van der Waals surface area contributed by atoms with Gasteiger partial charge in [-0.3, -0.25) is 14.2 Å². The Hall–Kier alpha value is -2.38. The molecular formula is C12H17N3O5. The molecule has 1 atom stereocenters. The summed E-state index contributed by atoms with van der Waals surface area (Å²) in [4.78, 5) is 46.3. The topological polar surface area (TPSA) is 110 Å². The third-order valence-corrected chi connectivity index (χ3v) is 2.87. The van der Waals surface area contributed by atoms with Crippen molar-refractivity contribution in [1.29, 1.82) is 0 Å². The van der Waals surface area contributed by atoms with Crippen LogP contribution in [0.3, 0.4) is 0 Å². The first-order valence-corrected chi connectivity index (χ1v) is 6.09. The highest BCUT2D eigenvalue weighted by molar-refractivity contribution is 5.96. The van der Waals surface area contributed by atoms with Gasteiger partial charge < -0.3 is 15.0 Å². The van der Waals surface area contributed by atoms with Gasteiger partial charge in [0, 0.05) is 20.3 Å². The fraction of sp³-hybridized carbons (Fsp3) is 0.500. The van der Waals surface area contributed by atoms with E-state index < -0.39 is 29.2 Å². The number of hydrogen-bond donors (Lipinski definition) is 2. The van der Waals surface area contributed by atoms with Crippen molar-refractivity contribution in [1.82, 2.24) is 14.5 Å². The van der Waals surface area contributed by atoms with Crippen LogP contribution in [0.4, 0.5) is 0 Å². The number of aliphatic carboxylic acids is 1. The van der Waals surface area contributed by atoms with Gasteiger partial charge in [0.25, 0.3) is 11.5 Å². The zero-order chi connectivity index (χ0) is 15.4. The summed E-state index contributed by atoms with van der Waals surface area (Å²) in [5.41, 5.74) is -1.59. The minimum absolute atomic E-state index is 0.257. The van der Waals surface area contributed by atoms with E-state index in [1.165, 1.54) is 14.1 Å². The maximum absolute atomic E-state index is 12.0. The molecule has 0 aromatic carbocycles. The van der Waals surface area contributed by atoms with Crippen LogP contribution >= 0.6 is 0 Å². The summed E-state index contributed by atoms with van der Waals surface area (Å²) in [5.74, 6) is -1.97. The van der Waals surface area contributed by atoms with Crippen LogP contribution in [0, 0.1) is 0 Å². The summed E-state index contributed by atoms with van der Waals surface area (Å²) >= 11 is 0. The van der Waals surface area contributed by atoms with Gasteiger partial charge in [-0.25, -0.2) is 9.59 Å². The number of carbonyl (C=O) groups excluding carboxylic acids is 1. The van der Waals surface area contributed by atoms with Crippen LogP contribution in [0.2, 0.25) is 0 Å². The normalized spacial score (nSPS) is 11.9. The fourth-order valence-electron chi connectivity index (χ4n) is 1.75. The number of rotatable bonds is 5. The van der Waals surface area contributed by atoms with Crippen molar-refractivity contribution in [3.63, 3.8) is 0 Å². The standard InChI is InChI=1S/C12H17N3O5/c1-4-5-8(11(18)19)13-9(16)7-6-14(2)12(20)15(3)10(7)17/h6,8H,4-5H2,1-3H3,(H,13,16)(H,18,19). The van der Waals surface area contributed by atoms with E-state index >= 15 is 0 Å². The van der Waals surface area contributed by atoms with Crippen molar-refractivity contribution in [3.05, 3.63) is 32.6 Å². The molecule has 1 unspecified atom stereocenters. The Kier molecular flexibility index (Phi) is 4.84. The summed E-state index contributed by atoms with van der Waals surface area (Å²) in [6.45, 7) is 1.79. The van der Waals surface area contributed by atoms with Gasteiger partial charge in [0.15, 0.2) is 0 Å². The van der Waals surface area contributed by atoms with Crippen molar-refractivity contribution < 1.29 is 14.7 Å². The van der Waals surface area contributed by atoms with Crippen LogP contribution < -0.4 is 16.6 Å². The summed E-state index contributed by atoms with van der Waals surface area (Å²) in [7, 11) is 2.65. The number of carboxylic acid groups (broad SMARTS) is 1. The summed E-state index contributed by atoms with van der Waals surface area (Å²) in [6.07, 6.45) is 1.93. The van der Waals surface area contributed by atoms with Crippen LogP contribution in [-0.4, -0.2) is 32.2 Å². The molecule has 1 rings (SSSR count). The predicted octanol–water partition coefficient (Wildman–Crippen LogP) is -0.933. The van der Waals surface area contributed by atoms with Gasteiger partial charge in [0.2, 0.25) is 0 Å². The highest BCUT2D eigenvalue weighted by Crippen LogP contribution is 1.99. The molecule has 1 heterocycles. The van der Waals surface area contributed by atoms with E-state index in [2.05, 4.69) is 5.32 Å². The molecule has 0 saturated heterocycles. The number of nitrogens with zero attached hydrogens (tertiary/aromatic N) is 2. The van der Waals surface area contributed by atoms with E-state index in [-0.39, 0.29) is 12.0 Å². The van der Waals surface area contributed by atoms with Crippen molar-refractivity contribution in [2.75, 3.05) is 0 Å². The molecule has 0 aliphatic rings. The molecular weight excluding hydrogens is 266 g/mol. The number of hydrogen-bond acceptors (Lipinski definition) is 4. The minimum Gasteiger partial charge on any atom is -0.480 e. The van der Waals surface area contributed by atoms with Crippen molar-refractivity contribution in [2.45, 2.75) is 25.8 Å².